The summed E-state index contributed by atoms with van der Waals surface area (Å²) in [6, 6.07) is 7.44. The number of esters is 1. The number of ether oxygens (including phenoxy) is 1. The molecule has 0 unspecified atom stereocenters. The monoisotopic (exact) mass is 301 g/mol. The number of carbonyl (C=O) groups excluding carboxylic acids is 2. The van der Waals surface area contributed by atoms with Gasteiger partial charge >= 0.3 is 5.97 Å². The predicted octanol–water partition coefficient (Wildman–Crippen LogP) is 3.94. The Morgan fingerprint density at radius 1 is 1.14 bits per heavy atom. The average Bonchev–Trinajstić information content (AvgIpc) is 2.55. The number of rotatable bonds is 5. The van der Waals surface area contributed by atoms with Gasteiger partial charge in [-0.15, -0.1) is 0 Å². The van der Waals surface area contributed by atoms with Gasteiger partial charge in [0.05, 0.1) is 7.11 Å². The number of hydrogen-bond donors (Lipinski definition) is 1. The molecule has 0 bridgehead atoms. The number of carbonyl (C=O) groups is 2. The van der Waals surface area contributed by atoms with Crippen LogP contribution in [0.3, 0.4) is 0 Å². The molecule has 1 aromatic rings. The van der Waals surface area contributed by atoms with Crippen LogP contribution >= 0.6 is 0 Å². The molecule has 1 aliphatic rings. The third-order valence-corrected chi connectivity index (χ3v) is 4.02. The van der Waals surface area contributed by atoms with E-state index in [2.05, 4.69) is 10.1 Å². The van der Waals surface area contributed by atoms with E-state index in [9.17, 15) is 9.59 Å². The van der Waals surface area contributed by atoms with Gasteiger partial charge in [0.2, 0.25) is 0 Å². The molecule has 0 radical (unpaired) electrons. The smallest absolute Gasteiger partial charge is 0.332 e. The Labute approximate surface area is 131 Å². The number of anilines is 1. The lowest BCUT2D eigenvalue weighted by Crippen LogP contribution is -2.17. The molecule has 0 amide bonds. The van der Waals surface area contributed by atoms with Crippen molar-refractivity contribution in [3.63, 3.8) is 0 Å². The maximum atomic E-state index is 12.4. The molecule has 22 heavy (non-hydrogen) atoms. The van der Waals surface area contributed by atoms with Crippen molar-refractivity contribution < 1.29 is 14.3 Å². The molecule has 4 heteroatoms. The summed E-state index contributed by atoms with van der Waals surface area (Å²) in [6.45, 7) is 1.79. The van der Waals surface area contributed by atoms with Crippen molar-refractivity contribution in [1.29, 1.82) is 0 Å². The molecule has 0 aliphatic heterocycles. The summed E-state index contributed by atoms with van der Waals surface area (Å²) in [5.74, 6) is 0.0516. The fourth-order valence-corrected chi connectivity index (χ4v) is 2.82. The van der Waals surface area contributed by atoms with Gasteiger partial charge in [0.15, 0.2) is 5.78 Å². The van der Waals surface area contributed by atoms with Crippen LogP contribution in [0.2, 0.25) is 0 Å². The lowest BCUT2D eigenvalue weighted by molar-refractivity contribution is -0.134. The van der Waals surface area contributed by atoms with E-state index in [1.54, 1.807) is 6.92 Å². The highest BCUT2D eigenvalue weighted by Gasteiger charge is 2.22. The SMILES string of the molecule is COC(=O)/C=C(/C)Nc1ccc(C(=O)C2CCCCC2)cc1. The van der Waals surface area contributed by atoms with Crippen LogP contribution in [0.1, 0.15) is 49.4 Å². The van der Waals surface area contributed by atoms with E-state index in [1.165, 1.54) is 19.6 Å². The van der Waals surface area contributed by atoms with E-state index in [-0.39, 0.29) is 11.7 Å². The van der Waals surface area contributed by atoms with Crippen LogP contribution in [0.25, 0.3) is 0 Å². The number of benzene rings is 1. The van der Waals surface area contributed by atoms with Crippen LogP contribution in [-0.4, -0.2) is 18.9 Å². The van der Waals surface area contributed by atoms with Gasteiger partial charge in [0, 0.05) is 28.9 Å². The largest absolute Gasteiger partial charge is 0.466 e. The van der Waals surface area contributed by atoms with Crippen molar-refractivity contribution in [2.45, 2.75) is 39.0 Å². The molecule has 1 N–H and O–H groups in total. The minimum atomic E-state index is -0.394. The Bertz CT molecular complexity index is 554. The second-order valence-corrected chi connectivity index (χ2v) is 5.75. The van der Waals surface area contributed by atoms with Crippen molar-refractivity contribution in [2.24, 2.45) is 5.92 Å². The van der Waals surface area contributed by atoms with Crippen molar-refractivity contribution >= 4 is 17.4 Å². The standard InChI is InChI=1S/C18H23NO3/c1-13(12-17(20)22-2)19-16-10-8-15(9-11-16)18(21)14-6-4-3-5-7-14/h8-12,14,19H,3-7H2,1-2H3/b13-12-. The van der Waals surface area contributed by atoms with Gasteiger partial charge in [-0.2, -0.15) is 0 Å². The minimum Gasteiger partial charge on any atom is -0.466 e. The Morgan fingerprint density at radius 3 is 2.36 bits per heavy atom. The summed E-state index contributed by atoms with van der Waals surface area (Å²) < 4.78 is 4.58. The molecule has 0 saturated heterocycles. The van der Waals surface area contributed by atoms with Crippen molar-refractivity contribution in [3.05, 3.63) is 41.6 Å². The summed E-state index contributed by atoms with van der Waals surface area (Å²) in [4.78, 5) is 23.6. The number of hydrogen-bond acceptors (Lipinski definition) is 4. The first-order valence-corrected chi connectivity index (χ1v) is 7.77. The van der Waals surface area contributed by atoms with Gasteiger partial charge in [-0.1, -0.05) is 19.3 Å². The number of allylic oxidation sites excluding steroid dienone is 1. The molecule has 4 nitrogen and oxygen atoms in total. The van der Waals surface area contributed by atoms with E-state index in [0.717, 1.165) is 36.9 Å². The van der Waals surface area contributed by atoms with Crippen LogP contribution < -0.4 is 5.32 Å². The average molecular weight is 301 g/mol. The predicted molar refractivity (Wildman–Crippen MR) is 86.7 cm³/mol. The van der Waals surface area contributed by atoms with Gasteiger partial charge in [-0.3, -0.25) is 4.79 Å². The molecule has 0 aromatic heterocycles. The third-order valence-electron chi connectivity index (χ3n) is 4.02. The van der Waals surface area contributed by atoms with E-state index in [0.29, 0.717) is 5.70 Å². The highest BCUT2D eigenvalue weighted by molar-refractivity contribution is 5.98. The van der Waals surface area contributed by atoms with E-state index in [1.807, 2.05) is 24.3 Å². The Hall–Kier alpha value is -2.10. The molecular formula is C18H23NO3. The fourth-order valence-electron chi connectivity index (χ4n) is 2.82. The molecule has 118 valence electrons. The van der Waals surface area contributed by atoms with Crippen molar-refractivity contribution in [1.82, 2.24) is 0 Å². The van der Waals surface area contributed by atoms with Crippen LogP contribution in [0.5, 0.6) is 0 Å². The quantitative estimate of drug-likeness (QED) is 0.508. The van der Waals surface area contributed by atoms with E-state index < -0.39 is 5.97 Å². The molecule has 0 heterocycles. The lowest BCUT2D eigenvalue weighted by atomic mass is 9.84. The highest BCUT2D eigenvalue weighted by atomic mass is 16.5. The molecule has 1 aromatic carbocycles. The Balaban J connectivity index is 1.99. The number of Topliss-reactive ketones (excluding diaryl/α,β-unsaturated/α-hetero) is 1. The number of ketones is 1. The van der Waals surface area contributed by atoms with Crippen LogP contribution in [0.4, 0.5) is 5.69 Å². The Morgan fingerprint density at radius 2 is 1.77 bits per heavy atom. The van der Waals surface area contributed by atoms with Gasteiger partial charge in [0.1, 0.15) is 0 Å². The van der Waals surface area contributed by atoms with Crippen LogP contribution in [0, 0.1) is 5.92 Å². The molecule has 1 aliphatic carbocycles. The second kappa shape index (κ2) is 7.78. The summed E-state index contributed by atoms with van der Waals surface area (Å²) in [7, 11) is 1.35. The first kappa shape index (κ1) is 16.3. The zero-order chi connectivity index (χ0) is 15.9. The molecule has 0 atom stereocenters. The molecular weight excluding hydrogens is 278 g/mol. The molecule has 1 fully saturated rings. The first-order valence-electron chi connectivity index (χ1n) is 7.77. The molecule has 1 saturated carbocycles. The maximum absolute atomic E-state index is 12.4. The highest BCUT2D eigenvalue weighted by Crippen LogP contribution is 2.27. The molecule has 0 spiro atoms. The van der Waals surface area contributed by atoms with E-state index >= 15 is 0 Å². The maximum Gasteiger partial charge on any atom is 0.332 e. The second-order valence-electron chi connectivity index (χ2n) is 5.75. The minimum absolute atomic E-state index is 0.188. The lowest BCUT2D eigenvalue weighted by Gasteiger charge is -2.20. The fraction of sp³-hybridized carbons (Fsp3) is 0.444. The van der Waals surface area contributed by atoms with Crippen LogP contribution in [0.15, 0.2) is 36.0 Å². The zero-order valence-corrected chi connectivity index (χ0v) is 13.2. The topological polar surface area (TPSA) is 55.4 Å². The first-order chi connectivity index (χ1) is 10.6. The normalized spacial score (nSPS) is 16.2. The van der Waals surface area contributed by atoms with Crippen molar-refractivity contribution in [3.8, 4) is 0 Å². The van der Waals surface area contributed by atoms with Gasteiger partial charge in [0.25, 0.3) is 0 Å². The van der Waals surface area contributed by atoms with Crippen molar-refractivity contribution in [2.75, 3.05) is 12.4 Å². The van der Waals surface area contributed by atoms with Gasteiger partial charge < -0.3 is 10.1 Å². The zero-order valence-electron chi connectivity index (χ0n) is 13.2. The number of nitrogens with one attached hydrogen (secondary N) is 1. The van der Waals surface area contributed by atoms with Gasteiger partial charge in [-0.25, -0.2) is 4.79 Å². The summed E-state index contributed by atoms with van der Waals surface area (Å²) in [5.41, 5.74) is 2.31. The number of methoxy groups -OCH3 is 1. The van der Waals surface area contributed by atoms with Crippen LogP contribution in [-0.2, 0) is 9.53 Å². The summed E-state index contributed by atoms with van der Waals surface area (Å²) in [6.07, 6.45) is 6.99. The van der Waals surface area contributed by atoms with Gasteiger partial charge in [-0.05, 0) is 44.0 Å². The molecule has 2 rings (SSSR count). The Kier molecular flexibility index (Phi) is 5.75. The third kappa shape index (κ3) is 4.45. The summed E-state index contributed by atoms with van der Waals surface area (Å²) >= 11 is 0. The summed E-state index contributed by atoms with van der Waals surface area (Å²) in [5, 5.41) is 3.10. The van der Waals surface area contributed by atoms with E-state index in [4.69, 9.17) is 0 Å².